The summed E-state index contributed by atoms with van der Waals surface area (Å²) in [7, 11) is 0. The number of rotatable bonds is 1. The molecule has 3 nitrogen and oxygen atoms in total. The fourth-order valence-corrected chi connectivity index (χ4v) is 2.73. The highest BCUT2D eigenvalue weighted by Gasteiger charge is 2.55. The van der Waals surface area contributed by atoms with Crippen LogP contribution in [0.1, 0.15) is 33.1 Å². The van der Waals surface area contributed by atoms with Gasteiger partial charge in [0.25, 0.3) is 0 Å². The zero-order valence-corrected chi connectivity index (χ0v) is 11.7. The van der Waals surface area contributed by atoms with Crippen LogP contribution in [0.5, 0.6) is 0 Å². The monoisotopic (exact) mass is 336 g/mol. The van der Waals surface area contributed by atoms with Crippen LogP contribution in [-0.2, 0) is 9.53 Å². The molecule has 0 radical (unpaired) electrons. The third-order valence-corrected chi connectivity index (χ3v) is 4.23. The van der Waals surface area contributed by atoms with Gasteiger partial charge in [0.05, 0.1) is 9.53 Å². The Morgan fingerprint density at radius 3 is 2.81 bits per heavy atom. The number of carbonyl (C=O) groups is 1. The van der Waals surface area contributed by atoms with Gasteiger partial charge in [-0.25, -0.2) is 0 Å². The number of aliphatic hydroxyl groups is 1. The van der Waals surface area contributed by atoms with Gasteiger partial charge in [0, 0.05) is 6.42 Å². The summed E-state index contributed by atoms with van der Waals surface area (Å²) >= 11 is 2.29. The molecule has 1 saturated heterocycles. The maximum Gasteiger partial charge on any atom is 0.319 e. The standard InChI is InChI=1S/C12H17IO3/c1-11(2,13)9-7-12(10(15)16-9)6-4-3-5-8(12)14/h4,6,8-9,14H,3,5,7H2,1-2H3/t8-,9+,12-/m0/s1. The number of ether oxygens (including phenoxy) is 1. The number of allylic oxidation sites excluding steroid dienone is 1. The van der Waals surface area contributed by atoms with Crippen molar-refractivity contribution in [3.63, 3.8) is 0 Å². The molecule has 0 amide bonds. The number of carbonyl (C=O) groups excluding carboxylic acids is 1. The Morgan fingerprint density at radius 1 is 1.62 bits per heavy atom. The Balaban J connectivity index is 2.27. The van der Waals surface area contributed by atoms with Gasteiger partial charge < -0.3 is 9.84 Å². The second-order valence-electron chi connectivity index (χ2n) is 5.20. The van der Waals surface area contributed by atoms with Crippen molar-refractivity contribution in [2.45, 2.75) is 48.7 Å². The van der Waals surface area contributed by atoms with Crippen LogP contribution < -0.4 is 0 Å². The van der Waals surface area contributed by atoms with Crippen molar-refractivity contribution >= 4 is 28.6 Å². The summed E-state index contributed by atoms with van der Waals surface area (Å²) < 4.78 is 5.34. The number of alkyl halides is 1. The van der Waals surface area contributed by atoms with Gasteiger partial charge in [0.1, 0.15) is 11.5 Å². The molecular weight excluding hydrogens is 319 g/mol. The SMILES string of the molecule is CC(C)(I)[C@H]1C[C@]2(C=CCC[C@@H]2O)C(=O)O1. The Morgan fingerprint density at radius 2 is 2.31 bits per heavy atom. The minimum absolute atomic E-state index is 0.0953. The summed E-state index contributed by atoms with van der Waals surface area (Å²) in [6.45, 7) is 4.09. The molecule has 0 aromatic rings. The lowest BCUT2D eigenvalue weighted by Crippen LogP contribution is -2.39. The largest absolute Gasteiger partial charge is 0.460 e. The summed E-state index contributed by atoms with van der Waals surface area (Å²) in [4.78, 5) is 12.0. The minimum Gasteiger partial charge on any atom is -0.460 e. The van der Waals surface area contributed by atoms with Crippen LogP contribution in [-0.4, -0.2) is 26.7 Å². The molecule has 0 aromatic carbocycles. The number of hydrogen-bond acceptors (Lipinski definition) is 3. The maximum atomic E-state index is 12.0. The lowest BCUT2D eigenvalue weighted by molar-refractivity contribution is -0.151. The highest BCUT2D eigenvalue weighted by atomic mass is 127. The number of aliphatic hydroxyl groups excluding tert-OH is 1. The van der Waals surface area contributed by atoms with Crippen LogP contribution in [0.25, 0.3) is 0 Å². The van der Waals surface area contributed by atoms with Crippen LogP contribution in [0.4, 0.5) is 0 Å². The maximum absolute atomic E-state index is 12.0. The Kier molecular flexibility index (Phi) is 3.07. The first kappa shape index (κ1) is 12.4. The van der Waals surface area contributed by atoms with E-state index in [0.717, 1.165) is 6.42 Å². The molecule has 1 spiro atoms. The number of cyclic esters (lactones) is 1. The van der Waals surface area contributed by atoms with Gasteiger partial charge in [-0.05, 0) is 26.7 Å². The van der Waals surface area contributed by atoms with Crippen LogP contribution >= 0.6 is 22.6 Å². The number of esters is 1. The van der Waals surface area contributed by atoms with Gasteiger partial charge in [-0.1, -0.05) is 34.7 Å². The van der Waals surface area contributed by atoms with Gasteiger partial charge in [0.15, 0.2) is 0 Å². The van der Waals surface area contributed by atoms with Crippen molar-refractivity contribution in [2.75, 3.05) is 0 Å². The summed E-state index contributed by atoms with van der Waals surface area (Å²) in [6, 6.07) is 0. The Hall–Kier alpha value is -0.100. The van der Waals surface area contributed by atoms with Gasteiger partial charge >= 0.3 is 5.97 Å². The quantitative estimate of drug-likeness (QED) is 0.346. The average Bonchev–Trinajstić information content (AvgIpc) is 2.50. The van der Waals surface area contributed by atoms with Gasteiger partial charge in [0.2, 0.25) is 0 Å². The molecule has 1 N–H and O–H groups in total. The van der Waals surface area contributed by atoms with Gasteiger partial charge in [-0.15, -0.1) is 0 Å². The zero-order chi connectivity index (χ0) is 12.0. The van der Waals surface area contributed by atoms with Gasteiger partial charge in [-0.3, -0.25) is 4.79 Å². The number of hydrogen-bond donors (Lipinski definition) is 1. The second kappa shape index (κ2) is 3.98. The van der Waals surface area contributed by atoms with E-state index in [1.807, 2.05) is 26.0 Å². The third-order valence-electron chi connectivity index (χ3n) is 3.53. The van der Waals surface area contributed by atoms with E-state index >= 15 is 0 Å². The Bertz CT molecular complexity index is 332. The van der Waals surface area contributed by atoms with Crippen molar-refractivity contribution < 1.29 is 14.6 Å². The topological polar surface area (TPSA) is 46.5 Å². The van der Waals surface area contributed by atoms with Crippen molar-refractivity contribution in [1.29, 1.82) is 0 Å². The van der Waals surface area contributed by atoms with E-state index < -0.39 is 11.5 Å². The average molecular weight is 336 g/mol. The van der Waals surface area contributed by atoms with E-state index in [1.54, 1.807) is 0 Å². The van der Waals surface area contributed by atoms with E-state index in [1.165, 1.54) is 0 Å². The smallest absolute Gasteiger partial charge is 0.319 e. The molecule has 0 unspecified atom stereocenters. The lowest BCUT2D eigenvalue weighted by Gasteiger charge is -2.30. The summed E-state index contributed by atoms with van der Waals surface area (Å²) in [5, 5.41) is 10.1. The minimum atomic E-state index is -0.772. The molecule has 4 heteroatoms. The van der Waals surface area contributed by atoms with Crippen molar-refractivity contribution in [3.8, 4) is 0 Å². The zero-order valence-electron chi connectivity index (χ0n) is 9.57. The normalized spacial score (nSPS) is 39.1. The Labute approximate surface area is 109 Å². The molecule has 2 rings (SSSR count). The van der Waals surface area contributed by atoms with E-state index in [4.69, 9.17) is 4.74 Å². The lowest BCUT2D eigenvalue weighted by atomic mass is 9.73. The second-order valence-corrected chi connectivity index (χ2v) is 7.98. The van der Waals surface area contributed by atoms with Crippen LogP contribution in [0, 0.1) is 5.41 Å². The first-order chi connectivity index (χ1) is 7.36. The summed E-state index contributed by atoms with van der Waals surface area (Å²) in [5.41, 5.74) is -0.772. The highest BCUT2D eigenvalue weighted by Crippen LogP contribution is 2.46. The molecule has 1 aliphatic carbocycles. The van der Waals surface area contributed by atoms with Gasteiger partial charge in [-0.2, -0.15) is 0 Å². The molecule has 1 fully saturated rings. The molecule has 16 heavy (non-hydrogen) atoms. The van der Waals surface area contributed by atoms with Crippen LogP contribution in [0.2, 0.25) is 0 Å². The molecule has 0 aromatic heterocycles. The molecule has 90 valence electrons. The predicted molar refractivity (Wildman–Crippen MR) is 69.4 cm³/mol. The molecule has 3 atom stereocenters. The molecule has 1 heterocycles. The molecular formula is C12H17IO3. The fraction of sp³-hybridized carbons (Fsp3) is 0.750. The molecule has 1 aliphatic heterocycles. The summed E-state index contributed by atoms with van der Waals surface area (Å²) in [5.74, 6) is -0.259. The molecule has 0 saturated carbocycles. The fourth-order valence-electron chi connectivity index (χ4n) is 2.38. The van der Waals surface area contributed by atoms with Crippen molar-refractivity contribution in [3.05, 3.63) is 12.2 Å². The van der Waals surface area contributed by atoms with Crippen LogP contribution in [0.15, 0.2) is 12.2 Å². The first-order valence-electron chi connectivity index (χ1n) is 5.62. The summed E-state index contributed by atoms with van der Waals surface area (Å²) in [6.07, 6.45) is 5.22. The third kappa shape index (κ3) is 1.90. The van der Waals surface area contributed by atoms with Crippen LogP contribution in [0.3, 0.4) is 0 Å². The predicted octanol–water partition coefficient (Wildman–Crippen LogP) is 2.21. The first-order valence-corrected chi connectivity index (χ1v) is 6.70. The van der Waals surface area contributed by atoms with E-state index in [9.17, 15) is 9.90 Å². The molecule has 0 bridgehead atoms. The van der Waals surface area contributed by atoms with Crippen molar-refractivity contribution in [1.82, 2.24) is 0 Å². The van der Waals surface area contributed by atoms with E-state index in [-0.39, 0.29) is 15.5 Å². The number of halogens is 1. The van der Waals surface area contributed by atoms with Crippen molar-refractivity contribution in [2.24, 2.45) is 5.41 Å². The van der Waals surface area contributed by atoms with E-state index in [0.29, 0.717) is 12.8 Å². The van der Waals surface area contributed by atoms with E-state index in [2.05, 4.69) is 22.6 Å². The molecule has 2 aliphatic rings. The highest BCUT2D eigenvalue weighted by molar-refractivity contribution is 14.1.